The van der Waals surface area contributed by atoms with E-state index >= 15 is 0 Å². The van der Waals surface area contributed by atoms with E-state index in [1.807, 2.05) is 31.2 Å². The van der Waals surface area contributed by atoms with Crippen LogP contribution in [-0.4, -0.2) is 134 Å². The first-order chi connectivity index (χ1) is 29.4. The fourth-order valence-corrected chi connectivity index (χ4v) is 9.21. The number of nitrogen functional groups attached to an aromatic ring is 1. The van der Waals surface area contributed by atoms with Crippen LogP contribution >= 0.6 is 35.2 Å². The Bertz CT molecular complexity index is 2040. The number of nitrogens with two attached hydrogens (primary N) is 1. The molecular weight excluding hydrogens is 919 g/mol. The summed E-state index contributed by atoms with van der Waals surface area (Å²) in [5.41, 5.74) is 4.25. The van der Waals surface area contributed by atoms with Crippen molar-refractivity contribution in [3.05, 3.63) is 37.0 Å². The van der Waals surface area contributed by atoms with Gasteiger partial charge in [-0.2, -0.15) is 4.31 Å². The number of rotatable bonds is 28. The lowest BCUT2D eigenvalue weighted by molar-refractivity contribution is -0.137. The smallest absolute Gasteiger partial charge is 0.393 e. The third-order valence-electron chi connectivity index (χ3n) is 8.96. The molecule has 0 spiro atoms. The first-order valence-corrected chi connectivity index (χ1v) is 25.0. The molecule has 0 aromatic carbocycles. The second-order valence-corrected chi connectivity index (χ2v) is 20.1. The Labute approximate surface area is 366 Å². The molecule has 1 fully saturated rings. The predicted molar refractivity (Wildman–Crippen MR) is 225 cm³/mol. The number of fused-ring (bicyclic) bond motifs is 1. The predicted octanol–water partition coefficient (Wildman–Crippen LogP) is 1.50. The van der Waals surface area contributed by atoms with Gasteiger partial charge in [0, 0.05) is 37.1 Å². The second-order valence-electron chi connectivity index (χ2n) is 14.7. The summed E-state index contributed by atoms with van der Waals surface area (Å²) in [7, 11) is -16.4. The molecule has 1 saturated heterocycles. The van der Waals surface area contributed by atoms with Gasteiger partial charge in [-0.1, -0.05) is 63.3 Å². The van der Waals surface area contributed by atoms with Crippen molar-refractivity contribution in [3.8, 4) is 0 Å². The molecule has 0 bridgehead atoms. The van der Waals surface area contributed by atoms with Gasteiger partial charge < -0.3 is 56.0 Å². The number of nitrogens with zero attached hydrogens (tertiary/aromatic N) is 4. The van der Waals surface area contributed by atoms with Crippen LogP contribution in [0.2, 0.25) is 0 Å². The summed E-state index contributed by atoms with van der Waals surface area (Å²) in [6, 6.07) is 0. The number of thioether (sulfide) groups is 1. The van der Waals surface area contributed by atoms with Crippen molar-refractivity contribution >= 4 is 69.1 Å². The SMILES string of the molecule is CC/C=C/C=C/CC(O)CCCCC(=O)SCCNC(=O)CCNC(=O)C(O)C(C)(C)COP(=O)(O)OP(=O)(O)OCC1OC(n2cnc3c(N)ncnc32)C(O)C1OP(=O)(O)O. The van der Waals surface area contributed by atoms with Crippen LogP contribution in [0.1, 0.15) is 71.9 Å². The molecule has 1 aliphatic rings. The number of allylic oxidation sites excluding steroid dienone is 3. The molecule has 356 valence electrons. The van der Waals surface area contributed by atoms with E-state index in [0.717, 1.165) is 35.4 Å². The Kier molecular flexibility index (Phi) is 21.6. The van der Waals surface area contributed by atoms with Gasteiger partial charge in [0.15, 0.2) is 22.8 Å². The van der Waals surface area contributed by atoms with E-state index in [1.54, 1.807) is 0 Å². The van der Waals surface area contributed by atoms with E-state index in [4.69, 9.17) is 19.5 Å². The molecule has 2 amide bonds. The summed E-state index contributed by atoms with van der Waals surface area (Å²) < 4.78 is 62.3. The average Bonchev–Trinajstić information content (AvgIpc) is 3.76. The molecule has 8 unspecified atom stereocenters. The zero-order chi connectivity index (χ0) is 47.0. The van der Waals surface area contributed by atoms with Crippen LogP contribution in [0.5, 0.6) is 0 Å². The molecule has 0 saturated carbocycles. The number of unbranched alkanes of at least 4 members (excludes halogenated alkanes) is 1. The van der Waals surface area contributed by atoms with E-state index in [9.17, 15) is 63.0 Å². The summed E-state index contributed by atoms with van der Waals surface area (Å²) in [5.74, 6) is -1.16. The number of hydrogen-bond acceptors (Lipinski definition) is 19. The van der Waals surface area contributed by atoms with Crippen molar-refractivity contribution in [1.82, 2.24) is 30.2 Å². The molecule has 3 heterocycles. The molecule has 1 aliphatic heterocycles. The monoisotopic (exact) mass is 975 g/mol. The Balaban J connectivity index is 1.38. The van der Waals surface area contributed by atoms with Crippen molar-refractivity contribution in [2.24, 2.45) is 5.41 Å². The van der Waals surface area contributed by atoms with Crippen molar-refractivity contribution in [3.63, 3.8) is 0 Å². The normalized spacial score (nSPS) is 21.4. The second kappa shape index (κ2) is 25.1. The number of aliphatic hydroxyl groups excluding tert-OH is 3. The fraction of sp³-hybridized carbons (Fsp3) is 0.647. The van der Waals surface area contributed by atoms with Gasteiger partial charge in [-0.3, -0.25) is 32.5 Å². The van der Waals surface area contributed by atoms with E-state index in [0.29, 0.717) is 37.9 Å². The van der Waals surface area contributed by atoms with Crippen LogP contribution in [0.15, 0.2) is 37.0 Å². The minimum atomic E-state index is -5.58. The first-order valence-electron chi connectivity index (χ1n) is 19.5. The lowest BCUT2D eigenvalue weighted by atomic mass is 9.87. The summed E-state index contributed by atoms with van der Waals surface area (Å²) >= 11 is 1.07. The van der Waals surface area contributed by atoms with Gasteiger partial charge >= 0.3 is 23.5 Å². The van der Waals surface area contributed by atoms with Crippen molar-refractivity contribution in [2.45, 2.75) is 102 Å². The average molecular weight is 976 g/mol. The van der Waals surface area contributed by atoms with E-state index < -0.39 is 90.7 Å². The number of aromatic nitrogens is 4. The number of carbonyl (C=O) groups is 3. The number of phosphoric ester groups is 3. The van der Waals surface area contributed by atoms with Crippen LogP contribution in [0.3, 0.4) is 0 Å². The maximum absolute atomic E-state index is 12.7. The highest BCUT2D eigenvalue weighted by Crippen LogP contribution is 2.61. The minimum absolute atomic E-state index is 0.0268. The molecule has 11 N–H and O–H groups in total. The third-order valence-corrected chi connectivity index (χ3v) is 13.0. The van der Waals surface area contributed by atoms with Gasteiger partial charge in [0.1, 0.15) is 36.3 Å². The molecule has 8 atom stereocenters. The highest BCUT2D eigenvalue weighted by molar-refractivity contribution is 8.13. The Morgan fingerprint density at radius 3 is 2.40 bits per heavy atom. The number of nitrogens with one attached hydrogen (secondary N) is 2. The van der Waals surface area contributed by atoms with E-state index in [2.05, 4.69) is 34.4 Å². The lowest BCUT2D eigenvalue weighted by Gasteiger charge is -2.30. The van der Waals surface area contributed by atoms with Gasteiger partial charge in [-0.25, -0.2) is 28.6 Å². The van der Waals surface area contributed by atoms with E-state index in [1.165, 1.54) is 13.8 Å². The van der Waals surface area contributed by atoms with Crippen molar-refractivity contribution in [1.29, 1.82) is 0 Å². The molecule has 0 aliphatic carbocycles. The third kappa shape index (κ3) is 18.8. The van der Waals surface area contributed by atoms with Gasteiger partial charge in [0.2, 0.25) is 11.8 Å². The van der Waals surface area contributed by atoms with Crippen LogP contribution in [-0.2, 0) is 50.7 Å². The Morgan fingerprint density at radius 1 is 1.00 bits per heavy atom. The minimum Gasteiger partial charge on any atom is -0.393 e. The molecule has 3 rings (SSSR count). The largest absolute Gasteiger partial charge is 0.481 e. The summed E-state index contributed by atoms with van der Waals surface area (Å²) in [6.07, 6.45) is 4.02. The van der Waals surface area contributed by atoms with Crippen LogP contribution in [0, 0.1) is 5.41 Å². The number of amides is 2. The molecule has 63 heavy (non-hydrogen) atoms. The van der Waals surface area contributed by atoms with Gasteiger partial charge in [0.05, 0.1) is 25.6 Å². The maximum Gasteiger partial charge on any atom is 0.481 e. The molecule has 2 aromatic heterocycles. The van der Waals surface area contributed by atoms with Crippen molar-refractivity contribution < 1.29 is 85.6 Å². The molecule has 25 nitrogen and oxygen atoms in total. The molecular formula is C34H56N7O18P3S. The highest BCUT2D eigenvalue weighted by atomic mass is 32.2. The zero-order valence-corrected chi connectivity index (χ0v) is 38.2. The van der Waals surface area contributed by atoms with E-state index in [-0.39, 0.29) is 41.6 Å². The standard InChI is InChI=1S/C34H56N7O18P3S/c1-4-5-6-7-8-11-22(42)12-9-10-13-25(44)63-17-16-36-24(43)14-15-37-32(47)29(46)34(2,3)19-56-62(53,54)59-61(51,52)55-18-23-28(58-60(48,49)50)27(45)33(57-23)41-21-40-26-30(35)38-20-39-31(26)41/h5-8,20-23,27-29,33,42,45-46H,4,9-19H2,1-3H3,(H,36,43)(H,37,47)(H,51,52)(H,53,54)(H2,35,38,39)(H2,48,49,50)/b6-5+,8-7+. The molecule has 0 radical (unpaired) electrons. The lowest BCUT2D eigenvalue weighted by Crippen LogP contribution is -2.46. The van der Waals surface area contributed by atoms with Gasteiger partial charge in [-0.15, -0.1) is 0 Å². The Hall–Kier alpha value is -3.00. The highest BCUT2D eigenvalue weighted by Gasteiger charge is 2.50. The maximum atomic E-state index is 12.7. The number of imidazole rings is 1. The Morgan fingerprint density at radius 2 is 1.70 bits per heavy atom. The summed E-state index contributed by atoms with van der Waals surface area (Å²) in [6.45, 7) is 2.47. The number of anilines is 1. The number of aliphatic hydroxyl groups is 3. The zero-order valence-electron chi connectivity index (χ0n) is 34.7. The molecule has 29 heteroatoms. The topological polar surface area (TPSA) is 384 Å². The number of hydrogen-bond donors (Lipinski definition) is 10. The van der Waals surface area contributed by atoms with Crippen LogP contribution in [0.25, 0.3) is 11.2 Å². The molecule has 2 aromatic rings. The van der Waals surface area contributed by atoms with Crippen LogP contribution < -0.4 is 16.4 Å². The quantitative estimate of drug-likeness (QED) is 0.0328. The summed E-state index contributed by atoms with van der Waals surface area (Å²) in [4.78, 5) is 88.1. The summed E-state index contributed by atoms with van der Waals surface area (Å²) in [5, 5.41) is 36.5. The van der Waals surface area contributed by atoms with Crippen LogP contribution in [0.4, 0.5) is 5.82 Å². The number of carbonyl (C=O) groups excluding carboxylic acids is 3. The van der Waals surface area contributed by atoms with Crippen molar-refractivity contribution in [2.75, 3.05) is 37.8 Å². The first kappa shape index (κ1) is 54.3. The van der Waals surface area contributed by atoms with Gasteiger partial charge in [-0.05, 0) is 25.7 Å². The van der Waals surface area contributed by atoms with Gasteiger partial charge in [0.25, 0.3) is 0 Å². The fourth-order valence-electron chi connectivity index (χ4n) is 5.66. The number of ether oxygens (including phenoxy) is 1. The number of phosphoric acid groups is 3.